The Hall–Kier alpha value is -1.75. The summed E-state index contributed by atoms with van der Waals surface area (Å²) in [7, 11) is 0. The minimum atomic E-state index is -0.116. The van der Waals surface area contributed by atoms with Gasteiger partial charge in [0.2, 0.25) is 5.96 Å². The van der Waals surface area contributed by atoms with Crippen LogP contribution < -0.4 is 5.73 Å². The molecule has 0 saturated carbocycles. The first-order valence-electron chi connectivity index (χ1n) is 5.67. The maximum Gasteiger partial charge on any atom is 0.253 e. The van der Waals surface area contributed by atoms with E-state index >= 15 is 0 Å². The topological polar surface area (TPSA) is 75.5 Å². The normalized spacial score (nSPS) is 25.5. The molecule has 0 aromatic carbocycles. The number of fused-ring (bicyclic) bond motifs is 1. The van der Waals surface area contributed by atoms with Crippen LogP contribution in [-0.4, -0.2) is 35.3 Å². The molecule has 1 atom stereocenters. The Kier molecular flexibility index (Phi) is 3.72. The second-order valence-electron chi connectivity index (χ2n) is 3.82. The van der Waals surface area contributed by atoms with E-state index in [1.165, 1.54) is 0 Å². The Morgan fingerprint density at radius 2 is 2.28 bits per heavy atom. The zero-order chi connectivity index (χ0) is 13.1. The van der Waals surface area contributed by atoms with Crippen molar-refractivity contribution in [2.75, 3.05) is 6.54 Å². The van der Waals surface area contributed by atoms with Crippen LogP contribution in [0.1, 0.15) is 13.8 Å². The lowest BCUT2D eigenvalue weighted by atomic mass is 9.99. The predicted octanol–water partition coefficient (Wildman–Crippen LogP) is 1.70. The molecule has 18 heavy (non-hydrogen) atoms. The molecule has 0 bridgehead atoms. The molecular weight excluding hydrogens is 250 g/mol. The highest BCUT2D eigenvalue weighted by molar-refractivity contribution is 6.36. The Morgan fingerprint density at radius 1 is 1.50 bits per heavy atom. The monoisotopic (exact) mass is 263 g/mol. The smallest absolute Gasteiger partial charge is 0.253 e. The minimum absolute atomic E-state index is 0.116. The van der Waals surface area contributed by atoms with Gasteiger partial charge in [-0.3, -0.25) is 4.99 Å². The lowest BCUT2D eigenvalue weighted by Gasteiger charge is -2.17. The van der Waals surface area contributed by atoms with E-state index in [9.17, 15) is 0 Å². The molecule has 0 radical (unpaired) electrons. The van der Waals surface area contributed by atoms with Crippen LogP contribution in [0.3, 0.4) is 0 Å². The maximum absolute atomic E-state index is 6.02. The molecule has 94 valence electrons. The molecule has 2 N–H and O–H groups in total. The van der Waals surface area contributed by atoms with E-state index in [1.54, 1.807) is 0 Å². The van der Waals surface area contributed by atoms with Crippen LogP contribution in [0.4, 0.5) is 0 Å². The van der Waals surface area contributed by atoms with Crippen molar-refractivity contribution in [3.05, 3.63) is 23.8 Å². The van der Waals surface area contributed by atoms with Gasteiger partial charge in [-0.2, -0.15) is 4.99 Å². The fourth-order valence-electron chi connectivity index (χ4n) is 1.67. The molecule has 2 aliphatic rings. The SMILES string of the molecule is CCN=C(N)/N=C1\N=C(C)C2=CC(Cl)C=CC2=N1. The van der Waals surface area contributed by atoms with Crippen molar-refractivity contribution in [2.45, 2.75) is 19.2 Å². The maximum atomic E-state index is 6.02. The molecule has 0 aromatic rings. The van der Waals surface area contributed by atoms with Gasteiger partial charge in [0.15, 0.2) is 0 Å². The number of allylic oxidation sites excluding steroid dienone is 4. The quantitative estimate of drug-likeness (QED) is 0.436. The molecule has 1 unspecified atom stereocenters. The first-order valence-corrected chi connectivity index (χ1v) is 6.11. The summed E-state index contributed by atoms with van der Waals surface area (Å²) in [6.45, 7) is 4.37. The van der Waals surface area contributed by atoms with Gasteiger partial charge in [0, 0.05) is 12.1 Å². The van der Waals surface area contributed by atoms with Gasteiger partial charge in [0.1, 0.15) is 0 Å². The number of aliphatic imine (C=N–C) groups is 4. The van der Waals surface area contributed by atoms with Gasteiger partial charge in [-0.25, -0.2) is 9.98 Å². The average Bonchev–Trinajstić information content (AvgIpc) is 2.30. The number of nitrogens with two attached hydrogens (primary N) is 1. The Bertz CT molecular complexity index is 537. The van der Waals surface area contributed by atoms with Crippen LogP contribution in [0, 0.1) is 0 Å². The van der Waals surface area contributed by atoms with Crippen molar-refractivity contribution < 1.29 is 0 Å². The number of guanidine groups is 2. The highest BCUT2D eigenvalue weighted by Gasteiger charge is 2.19. The molecule has 2 rings (SSSR count). The summed E-state index contributed by atoms with van der Waals surface area (Å²) in [4.78, 5) is 16.6. The van der Waals surface area contributed by atoms with Crippen molar-refractivity contribution in [3.63, 3.8) is 0 Å². The molecule has 0 spiro atoms. The summed E-state index contributed by atoms with van der Waals surface area (Å²) in [6, 6.07) is 0. The van der Waals surface area contributed by atoms with E-state index in [4.69, 9.17) is 17.3 Å². The third-order valence-corrected chi connectivity index (χ3v) is 2.72. The summed E-state index contributed by atoms with van der Waals surface area (Å²) >= 11 is 6.02. The van der Waals surface area contributed by atoms with Gasteiger partial charge in [0.25, 0.3) is 5.96 Å². The molecule has 1 aliphatic carbocycles. The summed E-state index contributed by atoms with van der Waals surface area (Å²) in [6.07, 6.45) is 5.65. The zero-order valence-electron chi connectivity index (χ0n) is 10.3. The van der Waals surface area contributed by atoms with Gasteiger partial charge in [-0.15, -0.1) is 11.6 Å². The van der Waals surface area contributed by atoms with Gasteiger partial charge in [-0.1, -0.05) is 12.2 Å². The van der Waals surface area contributed by atoms with Gasteiger partial charge in [-0.05, 0) is 19.9 Å². The van der Waals surface area contributed by atoms with Crippen LogP contribution in [0.2, 0.25) is 0 Å². The van der Waals surface area contributed by atoms with E-state index in [0.717, 1.165) is 17.0 Å². The summed E-state index contributed by atoms with van der Waals surface area (Å²) in [5.41, 5.74) is 8.21. The molecule has 0 saturated heterocycles. The van der Waals surface area contributed by atoms with E-state index in [1.807, 2.05) is 32.1 Å². The van der Waals surface area contributed by atoms with Gasteiger partial charge in [0.05, 0.1) is 16.8 Å². The second-order valence-corrected chi connectivity index (χ2v) is 4.33. The second kappa shape index (κ2) is 5.27. The van der Waals surface area contributed by atoms with E-state index in [0.29, 0.717) is 12.5 Å². The highest BCUT2D eigenvalue weighted by atomic mass is 35.5. The first kappa shape index (κ1) is 12.7. The molecule has 1 aliphatic heterocycles. The van der Waals surface area contributed by atoms with Crippen LogP contribution in [0.25, 0.3) is 0 Å². The fraction of sp³-hybridized carbons (Fsp3) is 0.333. The largest absolute Gasteiger partial charge is 0.368 e. The number of hydrogen-bond acceptors (Lipinski definition) is 1. The highest BCUT2D eigenvalue weighted by Crippen LogP contribution is 2.18. The Morgan fingerprint density at radius 3 is 3.00 bits per heavy atom. The van der Waals surface area contributed by atoms with Crippen molar-refractivity contribution in [1.82, 2.24) is 0 Å². The first-order chi connectivity index (χ1) is 8.60. The summed E-state index contributed by atoms with van der Waals surface area (Å²) in [5.74, 6) is 0.517. The molecule has 6 heteroatoms. The third-order valence-electron chi connectivity index (χ3n) is 2.45. The van der Waals surface area contributed by atoms with Gasteiger partial charge >= 0.3 is 0 Å². The number of halogens is 1. The number of alkyl halides is 1. The van der Waals surface area contributed by atoms with Crippen LogP contribution in [0.15, 0.2) is 43.8 Å². The van der Waals surface area contributed by atoms with E-state index < -0.39 is 0 Å². The van der Waals surface area contributed by atoms with Gasteiger partial charge < -0.3 is 5.73 Å². The molecular formula is C12H14ClN5. The van der Waals surface area contributed by atoms with Crippen molar-refractivity contribution in [3.8, 4) is 0 Å². The van der Waals surface area contributed by atoms with Crippen molar-refractivity contribution in [1.29, 1.82) is 0 Å². The zero-order valence-corrected chi connectivity index (χ0v) is 11.0. The van der Waals surface area contributed by atoms with E-state index in [2.05, 4.69) is 20.0 Å². The fourth-order valence-corrected chi connectivity index (χ4v) is 1.87. The lowest BCUT2D eigenvalue weighted by Crippen LogP contribution is -2.22. The Labute approximate surface area is 111 Å². The van der Waals surface area contributed by atoms with Crippen LogP contribution in [0.5, 0.6) is 0 Å². The number of nitrogens with zero attached hydrogens (tertiary/aromatic N) is 4. The van der Waals surface area contributed by atoms with E-state index in [-0.39, 0.29) is 11.3 Å². The molecule has 0 fully saturated rings. The summed E-state index contributed by atoms with van der Waals surface area (Å²) < 4.78 is 0. The number of rotatable bonds is 1. The average molecular weight is 264 g/mol. The standard InChI is InChI=1S/C12H14ClN5/c1-3-15-11(14)18-12-16-7(2)9-6-8(13)4-5-10(9)17-12/h4-6,8H,3H2,1-2H3,(H2,14,15)/b18-12+. The van der Waals surface area contributed by atoms with Crippen molar-refractivity contribution in [2.24, 2.45) is 25.7 Å². The number of hydrogen-bond donors (Lipinski definition) is 1. The third kappa shape index (κ3) is 2.73. The van der Waals surface area contributed by atoms with Crippen molar-refractivity contribution >= 4 is 34.9 Å². The summed E-state index contributed by atoms with van der Waals surface area (Å²) in [5, 5.41) is -0.116. The predicted molar refractivity (Wildman–Crippen MR) is 77.0 cm³/mol. The molecule has 0 amide bonds. The molecule has 1 heterocycles. The minimum Gasteiger partial charge on any atom is -0.368 e. The molecule has 0 aromatic heterocycles. The Balaban J connectivity index is 2.35. The van der Waals surface area contributed by atoms with Crippen LogP contribution in [-0.2, 0) is 0 Å². The molecule has 5 nitrogen and oxygen atoms in total. The van der Waals surface area contributed by atoms with Crippen LogP contribution >= 0.6 is 11.6 Å². The lowest BCUT2D eigenvalue weighted by molar-refractivity contribution is 1.11.